The van der Waals surface area contributed by atoms with Crippen molar-refractivity contribution in [2.24, 2.45) is 0 Å². The number of pyridine rings is 1. The van der Waals surface area contributed by atoms with Gasteiger partial charge in [0.25, 0.3) is 0 Å². The molecule has 0 spiro atoms. The third-order valence-corrected chi connectivity index (χ3v) is 10.9. The molecule has 1 heterocycles. The third-order valence-electron chi connectivity index (χ3n) is 10.9. The zero-order valence-corrected chi connectivity index (χ0v) is 33.0. The molecular formula is C46H88N+. The van der Waals surface area contributed by atoms with E-state index >= 15 is 0 Å². The Morgan fingerprint density at radius 3 is 1.00 bits per heavy atom. The fourth-order valence-corrected chi connectivity index (χ4v) is 7.61. The first-order valence-corrected chi connectivity index (χ1v) is 22.3. The number of aromatic nitrogens is 1. The summed E-state index contributed by atoms with van der Waals surface area (Å²) < 4.78 is 2.68. The van der Waals surface area contributed by atoms with E-state index in [-0.39, 0.29) is 0 Å². The highest BCUT2D eigenvalue weighted by atomic mass is 15.0. The van der Waals surface area contributed by atoms with Gasteiger partial charge in [-0.2, -0.15) is 0 Å². The second kappa shape index (κ2) is 36.4. The van der Waals surface area contributed by atoms with Gasteiger partial charge in [-0.05, 0) is 31.7 Å². The molecule has 0 bridgehead atoms. The molecule has 0 fully saturated rings. The molecule has 0 saturated carbocycles. The van der Waals surface area contributed by atoms with Crippen LogP contribution >= 0.6 is 0 Å². The van der Waals surface area contributed by atoms with Gasteiger partial charge >= 0.3 is 0 Å². The Kier molecular flexibility index (Phi) is 34.2. The van der Waals surface area contributed by atoms with Crippen molar-refractivity contribution in [2.75, 3.05) is 0 Å². The van der Waals surface area contributed by atoms with E-state index in [1.165, 1.54) is 244 Å². The summed E-state index contributed by atoms with van der Waals surface area (Å²) in [6.45, 7) is 8.18. The highest BCUT2D eigenvalue weighted by molar-refractivity contribution is 5.16. The average molecular weight is 655 g/mol. The fraction of sp³-hybridized carbons (Fsp3) is 0.891. The lowest BCUT2D eigenvalue weighted by molar-refractivity contribution is -0.705. The first-order valence-electron chi connectivity index (χ1n) is 22.3. The minimum absolute atomic E-state index is 1.23. The summed E-state index contributed by atoms with van der Waals surface area (Å²) >= 11 is 0. The first kappa shape index (κ1) is 44.2. The van der Waals surface area contributed by atoms with Gasteiger partial charge in [-0.1, -0.05) is 220 Å². The van der Waals surface area contributed by atoms with Crippen LogP contribution in [0.25, 0.3) is 0 Å². The van der Waals surface area contributed by atoms with E-state index in [1.807, 2.05) is 0 Å². The Bertz CT molecular complexity index is 739. The molecule has 0 atom stereocenters. The molecule has 0 aliphatic rings. The number of hydrogen-bond donors (Lipinski definition) is 0. The lowest BCUT2D eigenvalue weighted by atomic mass is 9.99. The van der Waals surface area contributed by atoms with E-state index in [4.69, 9.17) is 0 Å². The van der Waals surface area contributed by atoms with Crippen LogP contribution < -0.4 is 4.57 Å². The van der Waals surface area contributed by atoms with E-state index in [9.17, 15) is 0 Å². The molecule has 0 saturated heterocycles. The van der Waals surface area contributed by atoms with E-state index in [0.717, 1.165) is 0 Å². The maximum absolute atomic E-state index is 2.68. The summed E-state index contributed by atoms with van der Waals surface area (Å²) in [6.07, 6.45) is 55.3. The zero-order chi connectivity index (χ0) is 33.7. The van der Waals surface area contributed by atoms with Crippen LogP contribution in [-0.2, 0) is 19.4 Å². The van der Waals surface area contributed by atoms with Gasteiger partial charge < -0.3 is 0 Å². The van der Waals surface area contributed by atoms with Gasteiger partial charge in [0, 0.05) is 24.5 Å². The van der Waals surface area contributed by atoms with Crippen LogP contribution in [0.2, 0.25) is 0 Å². The molecule has 276 valence electrons. The molecule has 47 heavy (non-hydrogen) atoms. The van der Waals surface area contributed by atoms with Crippen molar-refractivity contribution in [1.82, 2.24) is 0 Å². The predicted octanol–water partition coefficient (Wildman–Crippen LogP) is 15.8. The molecule has 1 heteroatoms. The Hall–Kier alpha value is -0.850. The van der Waals surface area contributed by atoms with Crippen LogP contribution in [-0.4, -0.2) is 0 Å². The number of rotatable bonds is 38. The van der Waals surface area contributed by atoms with Crippen LogP contribution in [0, 0.1) is 0 Å². The van der Waals surface area contributed by atoms with Gasteiger partial charge in [-0.25, -0.2) is 4.57 Å². The lowest BCUT2D eigenvalue weighted by Gasteiger charge is -2.11. The van der Waals surface area contributed by atoms with E-state index in [2.05, 4.69) is 43.7 Å². The van der Waals surface area contributed by atoms with Crippen molar-refractivity contribution in [1.29, 1.82) is 0 Å². The molecule has 1 aromatic heterocycles. The number of nitrogens with zero attached hydrogens (tertiary/aromatic N) is 1. The van der Waals surface area contributed by atoms with Crippen LogP contribution in [0.5, 0.6) is 0 Å². The van der Waals surface area contributed by atoms with Gasteiger partial charge in [-0.3, -0.25) is 0 Å². The van der Waals surface area contributed by atoms with Crippen molar-refractivity contribution < 1.29 is 4.57 Å². The Labute approximate surface area is 298 Å². The maximum Gasteiger partial charge on any atom is 0.184 e. The highest BCUT2D eigenvalue weighted by Crippen LogP contribution is 2.18. The van der Waals surface area contributed by atoms with Crippen LogP contribution in [0.1, 0.15) is 257 Å². The van der Waals surface area contributed by atoms with Crippen molar-refractivity contribution in [2.45, 2.75) is 265 Å². The summed E-state index contributed by atoms with van der Waals surface area (Å²) in [5, 5.41) is 0. The van der Waals surface area contributed by atoms with Gasteiger partial charge in [0.15, 0.2) is 11.9 Å². The molecule has 0 unspecified atom stereocenters. The standard InChI is InChI=1S/C46H88N/c1-4-7-10-13-16-19-20-21-22-23-24-25-26-29-32-35-38-43-47-44-39-41-45(40-36-33-30-27-17-14-11-8-5-2)46(47)42-37-34-31-28-18-15-12-9-6-3/h39,41,44H,4-38,40,42-43H2,1-3H3/q+1. The monoisotopic (exact) mass is 655 g/mol. The molecule has 0 N–H and O–H groups in total. The van der Waals surface area contributed by atoms with Crippen molar-refractivity contribution in [3.63, 3.8) is 0 Å². The third kappa shape index (κ3) is 28.7. The van der Waals surface area contributed by atoms with Gasteiger partial charge in [-0.15, -0.1) is 0 Å². The molecule has 0 radical (unpaired) electrons. The average Bonchev–Trinajstić information content (AvgIpc) is 3.08. The topological polar surface area (TPSA) is 3.88 Å². The summed E-state index contributed by atoms with van der Waals surface area (Å²) in [7, 11) is 0. The predicted molar refractivity (Wildman–Crippen MR) is 213 cm³/mol. The summed E-state index contributed by atoms with van der Waals surface area (Å²) in [6, 6.07) is 4.83. The first-order chi connectivity index (χ1) is 23.3. The molecule has 0 aromatic carbocycles. The van der Waals surface area contributed by atoms with E-state index in [1.54, 1.807) is 11.3 Å². The van der Waals surface area contributed by atoms with Crippen LogP contribution in [0.4, 0.5) is 0 Å². The summed E-state index contributed by atoms with van der Waals surface area (Å²) in [5.41, 5.74) is 3.36. The number of unbranched alkanes of at least 4 members (excludes halogenated alkanes) is 32. The normalized spacial score (nSPS) is 11.6. The van der Waals surface area contributed by atoms with Gasteiger partial charge in [0.05, 0.1) is 0 Å². The second-order valence-electron chi connectivity index (χ2n) is 15.5. The molecular weight excluding hydrogens is 567 g/mol. The number of hydrogen-bond acceptors (Lipinski definition) is 0. The van der Waals surface area contributed by atoms with Gasteiger partial charge in [0.1, 0.15) is 6.54 Å². The number of aryl methyl sites for hydroxylation is 2. The van der Waals surface area contributed by atoms with Gasteiger partial charge in [0.2, 0.25) is 0 Å². The summed E-state index contributed by atoms with van der Waals surface area (Å²) in [4.78, 5) is 0. The van der Waals surface area contributed by atoms with Crippen molar-refractivity contribution >= 4 is 0 Å². The quantitative estimate of drug-likeness (QED) is 0.0493. The molecule has 1 nitrogen and oxygen atoms in total. The Morgan fingerprint density at radius 2 is 0.638 bits per heavy atom. The fourth-order valence-electron chi connectivity index (χ4n) is 7.61. The minimum atomic E-state index is 1.23. The summed E-state index contributed by atoms with van der Waals surface area (Å²) in [5.74, 6) is 0. The Morgan fingerprint density at radius 1 is 0.340 bits per heavy atom. The zero-order valence-electron chi connectivity index (χ0n) is 33.0. The van der Waals surface area contributed by atoms with E-state index in [0.29, 0.717) is 0 Å². The largest absolute Gasteiger partial charge is 0.202 e. The molecule has 0 aliphatic carbocycles. The minimum Gasteiger partial charge on any atom is -0.202 e. The van der Waals surface area contributed by atoms with E-state index < -0.39 is 0 Å². The molecule has 1 aromatic rings. The molecule has 0 amide bonds. The highest BCUT2D eigenvalue weighted by Gasteiger charge is 2.15. The SMILES string of the molecule is CCCCCCCCCCCCCCCCCCC[n+]1cccc(CCCCCCCCCCC)c1CCCCCCCCCCC. The smallest absolute Gasteiger partial charge is 0.184 e. The van der Waals surface area contributed by atoms with Crippen LogP contribution in [0.3, 0.4) is 0 Å². The van der Waals surface area contributed by atoms with Crippen LogP contribution in [0.15, 0.2) is 18.3 Å². The molecule has 1 rings (SSSR count). The molecule has 0 aliphatic heterocycles. The lowest BCUT2D eigenvalue weighted by Crippen LogP contribution is -2.39. The maximum atomic E-state index is 2.68. The Balaban J connectivity index is 2.29. The van der Waals surface area contributed by atoms with Crippen molar-refractivity contribution in [3.8, 4) is 0 Å². The van der Waals surface area contributed by atoms with Crippen molar-refractivity contribution in [3.05, 3.63) is 29.6 Å². The second-order valence-corrected chi connectivity index (χ2v) is 15.5.